The van der Waals surface area contributed by atoms with Crippen molar-refractivity contribution in [1.82, 2.24) is 19.5 Å². The predicted octanol–water partition coefficient (Wildman–Crippen LogP) is 3.81. The molecular formula is C20H26N4O3. The van der Waals surface area contributed by atoms with Crippen LogP contribution in [-0.2, 0) is 4.74 Å². The van der Waals surface area contributed by atoms with Gasteiger partial charge in [0.2, 0.25) is 5.88 Å². The van der Waals surface area contributed by atoms with Crippen molar-refractivity contribution < 1.29 is 14.2 Å². The van der Waals surface area contributed by atoms with Crippen molar-refractivity contribution in [3.05, 3.63) is 30.1 Å². The highest BCUT2D eigenvalue weighted by Crippen LogP contribution is 2.35. The monoisotopic (exact) mass is 370 g/mol. The van der Waals surface area contributed by atoms with Gasteiger partial charge in [-0.3, -0.25) is 4.57 Å². The Balaban J connectivity index is 2.17. The van der Waals surface area contributed by atoms with Crippen LogP contribution in [0.15, 0.2) is 24.4 Å². The van der Waals surface area contributed by atoms with Crippen LogP contribution in [-0.4, -0.2) is 47.5 Å². The van der Waals surface area contributed by atoms with E-state index < -0.39 is 0 Å². The van der Waals surface area contributed by atoms with Crippen LogP contribution >= 0.6 is 0 Å². The van der Waals surface area contributed by atoms with Gasteiger partial charge in [-0.25, -0.2) is 9.97 Å². The third kappa shape index (κ3) is 3.60. The normalized spacial score (nSPS) is 12.3. The number of imidazole rings is 1. The second-order valence-corrected chi connectivity index (χ2v) is 6.33. The Morgan fingerprint density at radius 1 is 1.04 bits per heavy atom. The second kappa shape index (κ2) is 8.35. The van der Waals surface area contributed by atoms with Crippen LogP contribution in [0, 0.1) is 6.92 Å². The van der Waals surface area contributed by atoms with Crippen LogP contribution in [0.3, 0.4) is 0 Å². The van der Waals surface area contributed by atoms with Crippen LogP contribution < -0.4 is 9.47 Å². The van der Waals surface area contributed by atoms with Crippen LogP contribution in [0.1, 0.15) is 31.5 Å². The number of ether oxygens (including phenoxy) is 3. The quantitative estimate of drug-likeness (QED) is 0.600. The molecule has 7 heteroatoms. The molecule has 0 saturated carbocycles. The standard InChI is InChI=1S/C20H26N4O3/c1-6-14(10-12-25-3)24-19-18(23-20(24)27-5)16(9-11-21-19)15-7-8-17(26-4)22-13(15)2/h7-9,11,14H,6,10,12H2,1-5H3. The number of pyridine rings is 2. The molecular weight excluding hydrogens is 344 g/mol. The Hall–Kier alpha value is -2.67. The highest BCUT2D eigenvalue weighted by Gasteiger charge is 2.22. The molecule has 27 heavy (non-hydrogen) atoms. The number of methoxy groups -OCH3 is 3. The van der Waals surface area contributed by atoms with Gasteiger partial charge in [-0.2, -0.15) is 4.98 Å². The molecule has 144 valence electrons. The largest absolute Gasteiger partial charge is 0.481 e. The van der Waals surface area contributed by atoms with Crippen molar-refractivity contribution >= 4 is 11.2 Å². The Kier molecular flexibility index (Phi) is 5.91. The van der Waals surface area contributed by atoms with E-state index >= 15 is 0 Å². The first kappa shape index (κ1) is 19.1. The molecule has 0 saturated heterocycles. The van der Waals surface area contributed by atoms with E-state index in [4.69, 9.17) is 19.2 Å². The number of hydrogen-bond donors (Lipinski definition) is 0. The molecule has 0 aromatic carbocycles. The average Bonchev–Trinajstić information content (AvgIpc) is 3.07. The summed E-state index contributed by atoms with van der Waals surface area (Å²) in [5.74, 6) is 0.593. The lowest BCUT2D eigenvalue weighted by atomic mass is 10.0. The predicted molar refractivity (Wildman–Crippen MR) is 104 cm³/mol. The van der Waals surface area contributed by atoms with E-state index in [1.807, 2.05) is 31.3 Å². The van der Waals surface area contributed by atoms with Gasteiger partial charge in [0.05, 0.1) is 14.2 Å². The average molecular weight is 370 g/mol. The summed E-state index contributed by atoms with van der Waals surface area (Å²) in [6.45, 7) is 4.78. The number of aryl methyl sites for hydroxylation is 1. The zero-order valence-corrected chi connectivity index (χ0v) is 16.5. The first-order valence-electron chi connectivity index (χ1n) is 9.06. The number of fused-ring (bicyclic) bond motifs is 1. The number of aromatic nitrogens is 4. The molecule has 3 rings (SSSR count). The summed E-state index contributed by atoms with van der Waals surface area (Å²) in [6, 6.07) is 6.58. The summed E-state index contributed by atoms with van der Waals surface area (Å²) in [4.78, 5) is 13.8. The maximum Gasteiger partial charge on any atom is 0.298 e. The molecule has 0 fully saturated rings. The summed E-state index contributed by atoms with van der Waals surface area (Å²) in [6.07, 6.45) is 3.60. The van der Waals surface area contributed by atoms with Crippen molar-refractivity contribution in [2.24, 2.45) is 0 Å². The molecule has 0 aliphatic carbocycles. The number of hydrogen-bond acceptors (Lipinski definition) is 6. The number of rotatable bonds is 8. The molecule has 1 unspecified atom stereocenters. The fourth-order valence-corrected chi connectivity index (χ4v) is 3.37. The Bertz CT molecular complexity index is 923. The summed E-state index contributed by atoms with van der Waals surface area (Å²) in [7, 11) is 4.97. The lowest BCUT2D eigenvalue weighted by Crippen LogP contribution is -2.12. The SMILES string of the molecule is CCC(CCOC)n1c(OC)nc2c(-c3ccc(OC)nc3C)ccnc21. The molecule has 1 atom stereocenters. The molecule has 7 nitrogen and oxygen atoms in total. The van der Waals surface area contributed by atoms with Gasteiger partial charge in [0.25, 0.3) is 6.01 Å². The van der Waals surface area contributed by atoms with Crippen molar-refractivity contribution in [1.29, 1.82) is 0 Å². The molecule has 3 aromatic rings. The van der Waals surface area contributed by atoms with Gasteiger partial charge in [-0.15, -0.1) is 0 Å². The molecule has 0 spiro atoms. The van der Waals surface area contributed by atoms with Crippen molar-refractivity contribution in [3.8, 4) is 23.0 Å². The van der Waals surface area contributed by atoms with E-state index in [0.717, 1.165) is 40.8 Å². The molecule has 3 aromatic heterocycles. The molecule has 0 aliphatic heterocycles. The summed E-state index contributed by atoms with van der Waals surface area (Å²) < 4.78 is 18.2. The lowest BCUT2D eigenvalue weighted by Gasteiger charge is -2.18. The smallest absolute Gasteiger partial charge is 0.298 e. The zero-order chi connectivity index (χ0) is 19.4. The highest BCUT2D eigenvalue weighted by molar-refractivity contribution is 5.91. The fourth-order valence-electron chi connectivity index (χ4n) is 3.37. The van der Waals surface area contributed by atoms with Gasteiger partial charge >= 0.3 is 0 Å². The minimum atomic E-state index is 0.197. The van der Waals surface area contributed by atoms with Gasteiger partial charge < -0.3 is 14.2 Å². The van der Waals surface area contributed by atoms with E-state index in [0.29, 0.717) is 18.5 Å². The second-order valence-electron chi connectivity index (χ2n) is 6.33. The van der Waals surface area contributed by atoms with Crippen LogP contribution in [0.5, 0.6) is 11.9 Å². The van der Waals surface area contributed by atoms with E-state index in [-0.39, 0.29) is 6.04 Å². The Labute approximate surface area is 159 Å². The molecule has 3 heterocycles. The van der Waals surface area contributed by atoms with Crippen LogP contribution in [0.25, 0.3) is 22.3 Å². The zero-order valence-electron chi connectivity index (χ0n) is 16.5. The summed E-state index contributed by atoms with van der Waals surface area (Å²) >= 11 is 0. The van der Waals surface area contributed by atoms with Crippen molar-refractivity contribution in [2.45, 2.75) is 32.7 Å². The Morgan fingerprint density at radius 2 is 1.85 bits per heavy atom. The topological polar surface area (TPSA) is 71.3 Å². The van der Waals surface area contributed by atoms with E-state index in [2.05, 4.69) is 21.5 Å². The van der Waals surface area contributed by atoms with E-state index in [9.17, 15) is 0 Å². The molecule has 0 radical (unpaired) electrons. The van der Waals surface area contributed by atoms with E-state index in [1.165, 1.54) is 0 Å². The van der Waals surface area contributed by atoms with Crippen LogP contribution in [0.2, 0.25) is 0 Å². The molecule has 0 aliphatic rings. The van der Waals surface area contributed by atoms with E-state index in [1.54, 1.807) is 21.3 Å². The fraction of sp³-hybridized carbons (Fsp3) is 0.450. The minimum Gasteiger partial charge on any atom is -0.481 e. The molecule has 0 bridgehead atoms. The highest BCUT2D eigenvalue weighted by atomic mass is 16.5. The van der Waals surface area contributed by atoms with Gasteiger partial charge in [-0.1, -0.05) is 6.92 Å². The third-order valence-corrected chi connectivity index (χ3v) is 4.78. The van der Waals surface area contributed by atoms with Gasteiger partial charge in [0, 0.05) is 48.8 Å². The minimum absolute atomic E-state index is 0.197. The molecule has 0 N–H and O–H groups in total. The maximum atomic E-state index is 5.59. The first-order valence-corrected chi connectivity index (χ1v) is 9.06. The third-order valence-electron chi connectivity index (χ3n) is 4.78. The van der Waals surface area contributed by atoms with Gasteiger partial charge in [0.1, 0.15) is 5.52 Å². The molecule has 0 amide bonds. The lowest BCUT2D eigenvalue weighted by molar-refractivity contribution is 0.175. The summed E-state index contributed by atoms with van der Waals surface area (Å²) in [5.41, 5.74) is 4.47. The van der Waals surface area contributed by atoms with Crippen LogP contribution in [0.4, 0.5) is 0 Å². The first-order chi connectivity index (χ1) is 13.1. The van der Waals surface area contributed by atoms with Crippen molar-refractivity contribution in [2.75, 3.05) is 27.9 Å². The Morgan fingerprint density at radius 3 is 2.48 bits per heavy atom. The van der Waals surface area contributed by atoms with Crippen molar-refractivity contribution in [3.63, 3.8) is 0 Å². The summed E-state index contributed by atoms with van der Waals surface area (Å²) in [5, 5.41) is 0. The van der Waals surface area contributed by atoms with Gasteiger partial charge in [-0.05, 0) is 31.9 Å². The van der Waals surface area contributed by atoms with Gasteiger partial charge in [0.15, 0.2) is 5.65 Å². The maximum absolute atomic E-state index is 5.59. The number of nitrogens with zero attached hydrogens (tertiary/aromatic N) is 4.